The molecule has 0 unspecified atom stereocenters. The molecule has 0 aliphatic heterocycles. The third kappa shape index (κ3) is 1.76. The van der Waals surface area contributed by atoms with Crippen LogP contribution in [0.1, 0.15) is 0 Å². The van der Waals surface area contributed by atoms with Gasteiger partial charge in [0.15, 0.2) is 0 Å². The molecule has 0 fully saturated rings. The normalized spacial score (nSPS) is 10.3. The van der Waals surface area contributed by atoms with Crippen LogP contribution < -0.4 is 4.90 Å². The maximum Gasteiger partial charge on any atom is 0.265 e. The molecule has 0 aliphatic carbocycles. The summed E-state index contributed by atoms with van der Waals surface area (Å²) >= 11 is 0. The summed E-state index contributed by atoms with van der Waals surface area (Å²) in [5.74, 6) is 0.927. The molecule has 0 radical (unpaired) electrons. The molecule has 5 nitrogen and oxygen atoms in total. The molecule has 0 saturated heterocycles. The average Bonchev–Trinajstić information content (AvgIpc) is 2.67. The fourth-order valence-corrected chi connectivity index (χ4v) is 1.16. The molecule has 78 valence electrons. The van der Waals surface area contributed by atoms with Gasteiger partial charge in [0.1, 0.15) is 5.75 Å². The van der Waals surface area contributed by atoms with Crippen molar-refractivity contribution >= 4 is 5.95 Å². The second-order valence-corrected chi connectivity index (χ2v) is 3.31. The molecule has 1 N–H and O–H groups in total. The van der Waals surface area contributed by atoms with Crippen LogP contribution in [0.3, 0.4) is 0 Å². The first kappa shape index (κ1) is 9.51. The maximum atomic E-state index is 9.57. The molecule has 1 aromatic heterocycles. The van der Waals surface area contributed by atoms with Crippen LogP contribution in [0.5, 0.6) is 5.75 Å². The highest BCUT2D eigenvalue weighted by Crippen LogP contribution is 2.27. The summed E-state index contributed by atoms with van der Waals surface area (Å²) in [6, 6.07) is 6.84. The number of benzene rings is 1. The molecule has 0 saturated carbocycles. The maximum absolute atomic E-state index is 9.57. The van der Waals surface area contributed by atoms with Gasteiger partial charge >= 0.3 is 0 Å². The molecule has 2 aromatic rings. The van der Waals surface area contributed by atoms with E-state index in [0.717, 1.165) is 0 Å². The SMILES string of the molecule is CN(C)c1noc(-c2ccccc2O)n1. The van der Waals surface area contributed by atoms with Crippen LogP contribution in [0.25, 0.3) is 11.5 Å². The molecular formula is C10H11N3O2. The van der Waals surface area contributed by atoms with Crippen LogP contribution in [-0.2, 0) is 0 Å². The second kappa shape index (κ2) is 3.61. The molecule has 1 heterocycles. The number of rotatable bonds is 2. The first-order chi connectivity index (χ1) is 7.18. The molecule has 0 spiro atoms. The van der Waals surface area contributed by atoms with Crippen molar-refractivity contribution in [2.45, 2.75) is 0 Å². The number of nitrogens with zero attached hydrogens (tertiary/aromatic N) is 3. The van der Waals surface area contributed by atoms with E-state index in [0.29, 0.717) is 17.4 Å². The van der Waals surface area contributed by atoms with E-state index in [-0.39, 0.29) is 5.75 Å². The van der Waals surface area contributed by atoms with Crippen molar-refractivity contribution in [2.75, 3.05) is 19.0 Å². The fourth-order valence-electron chi connectivity index (χ4n) is 1.16. The standard InChI is InChI=1S/C10H11N3O2/c1-13(2)10-11-9(15-12-10)7-5-3-4-6-8(7)14/h3-6,14H,1-2H3. The number of hydrogen-bond donors (Lipinski definition) is 1. The van der Waals surface area contributed by atoms with Crippen molar-refractivity contribution in [1.29, 1.82) is 0 Å². The Morgan fingerprint density at radius 1 is 1.27 bits per heavy atom. The van der Waals surface area contributed by atoms with Crippen molar-refractivity contribution in [3.05, 3.63) is 24.3 Å². The summed E-state index contributed by atoms with van der Waals surface area (Å²) in [7, 11) is 3.64. The van der Waals surface area contributed by atoms with Gasteiger partial charge in [-0.15, -0.1) is 0 Å². The van der Waals surface area contributed by atoms with E-state index in [4.69, 9.17) is 4.52 Å². The number of hydrogen-bond acceptors (Lipinski definition) is 5. The predicted molar refractivity (Wildman–Crippen MR) is 55.7 cm³/mol. The quantitative estimate of drug-likeness (QED) is 0.805. The third-order valence-corrected chi connectivity index (χ3v) is 1.95. The molecule has 5 heteroatoms. The second-order valence-electron chi connectivity index (χ2n) is 3.31. The summed E-state index contributed by atoms with van der Waals surface area (Å²) in [5, 5.41) is 13.3. The molecule has 0 atom stereocenters. The van der Waals surface area contributed by atoms with Crippen LogP contribution in [0, 0.1) is 0 Å². The molecule has 1 aromatic carbocycles. The fraction of sp³-hybridized carbons (Fsp3) is 0.200. The Hall–Kier alpha value is -2.04. The molecule has 2 rings (SSSR count). The van der Waals surface area contributed by atoms with Gasteiger partial charge in [0.25, 0.3) is 11.8 Å². The smallest absolute Gasteiger partial charge is 0.265 e. The van der Waals surface area contributed by atoms with Crippen molar-refractivity contribution in [3.63, 3.8) is 0 Å². The topological polar surface area (TPSA) is 62.4 Å². The molecule has 0 amide bonds. The lowest BCUT2D eigenvalue weighted by atomic mass is 10.2. The minimum absolute atomic E-state index is 0.131. The lowest BCUT2D eigenvalue weighted by molar-refractivity contribution is 0.424. The van der Waals surface area contributed by atoms with Crippen LogP contribution in [0.15, 0.2) is 28.8 Å². The molecule has 0 aliphatic rings. The van der Waals surface area contributed by atoms with E-state index < -0.39 is 0 Å². The van der Waals surface area contributed by atoms with Crippen molar-refractivity contribution < 1.29 is 9.63 Å². The number of aromatic nitrogens is 2. The van der Waals surface area contributed by atoms with Crippen molar-refractivity contribution in [1.82, 2.24) is 10.1 Å². The predicted octanol–water partition coefficient (Wildman–Crippen LogP) is 1.51. The number of phenols is 1. The Morgan fingerprint density at radius 3 is 2.60 bits per heavy atom. The summed E-state index contributed by atoms with van der Waals surface area (Å²) in [6.45, 7) is 0. The summed E-state index contributed by atoms with van der Waals surface area (Å²) in [5.41, 5.74) is 0.540. The van der Waals surface area contributed by atoms with E-state index in [1.54, 1.807) is 29.2 Å². The van der Waals surface area contributed by atoms with Gasteiger partial charge in [0.2, 0.25) is 0 Å². The average molecular weight is 205 g/mol. The minimum Gasteiger partial charge on any atom is -0.507 e. The summed E-state index contributed by atoms with van der Waals surface area (Å²) in [4.78, 5) is 5.86. The van der Waals surface area contributed by atoms with Gasteiger partial charge in [0, 0.05) is 14.1 Å². The lowest BCUT2D eigenvalue weighted by Gasteiger charge is -2.02. The molecular weight excluding hydrogens is 194 g/mol. The van der Waals surface area contributed by atoms with Gasteiger partial charge in [0.05, 0.1) is 5.56 Å². The van der Waals surface area contributed by atoms with E-state index in [9.17, 15) is 5.11 Å². The van der Waals surface area contributed by atoms with Crippen LogP contribution in [0.2, 0.25) is 0 Å². The van der Waals surface area contributed by atoms with Gasteiger partial charge in [-0.25, -0.2) is 0 Å². The Balaban J connectivity index is 2.42. The Bertz CT molecular complexity index is 465. The zero-order chi connectivity index (χ0) is 10.8. The highest BCUT2D eigenvalue weighted by Gasteiger charge is 2.12. The Morgan fingerprint density at radius 2 is 2.00 bits per heavy atom. The van der Waals surface area contributed by atoms with Crippen molar-refractivity contribution in [2.24, 2.45) is 0 Å². The van der Waals surface area contributed by atoms with Gasteiger partial charge in [-0.1, -0.05) is 12.1 Å². The number of para-hydroxylation sites is 1. The minimum atomic E-state index is 0.131. The third-order valence-electron chi connectivity index (χ3n) is 1.95. The first-order valence-corrected chi connectivity index (χ1v) is 4.48. The number of anilines is 1. The summed E-state index contributed by atoms with van der Waals surface area (Å²) < 4.78 is 5.03. The molecule has 0 bridgehead atoms. The van der Waals surface area contributed by atoms with Gasteiger partial charge in [-0.2, -0.15) is 4.98 Å². The van der Waals surface area contributed by atoms with Crippen LogP contribution in [-0.4, -0.2) is 29.3 Å². The van der Waals surface area contributed by atoms with Gasteiger partial charge < -0.3 is 14.5 Å². The molecule has 15 heavy (non-hydrogen) atoms. The van der Waals surface area contributed by atoms with Crippen LogP contribution >= 0.6 is 0 Å². The Kier molecular flexibility index (Phi) is 2.29. The lowest BCUT2D eigenvalue weighted by Crippen LogP contribution is -2.09. The number of aromatic hydroxyl groups is 1. The number of phenolic OH excluding ortho intramolecular Hbond substituents is 1. The van der Waals surface area contributed by atoms with Crippen LogP contribution in [0.4, 0.5) is 5.95 Å². The monoisotopic (exact) mass is 205 g/mol. The van der Waals surface area contributed by atoms with E-state index in [1.807, 2.05) is 14.1 Å². The zero-order valence-corrected chi connectivity index (χ0v) is 8.51. The summed E-state index contributed by atoms with van der Waals surface area (Å²) in [6.07, 6.45) is 0. The van der Waals surface area contributed by atoms with Gasteiger partial charge in [-0.3, -0.25) is 0 Å². The highest BCUT2D eigenvalue weighted by atomic mass is 16.5. The van der Waals surface area contributed by atoms with Crippen molar-refractivity contribution in [3.8, 4) is 17.2 Å². The van der Waals surface area contributed by atoms with E-state index in [2.05, 4.69) is 10.1 Å². The Labute approximate surface area is 87.0 Å². The largest absolute Gasteiger partial charge is 0.507 e. The highest BCUT2D eigenvalue weighted by molar-refractivity contribution is 5.62. The van der Waals surface area contributed by atoms with E-state index in [1.165, 1.54) is 0 Å². The zero-order valence-electron chi connectivity index (χ0n) is 8.51. The van der Waals surface area contributed by atoms with Gasteiger partial charge in [-0.05, 0) is 17.3 Å². The first-order valence-electron chi connectivity index (χ1n) is 4.48. The van der Waals surface area contributed by atoms with E-state index >= 15 is 0 Å².